The highest BCUT2D eigenvalue weighted by atomic mass is 16.3. The molecule has 0 saturated heterocycles. The molecule has 1 aromatic heterocycles. The van der Waals surface area contributed by atoms with Gasteiger partial charge in [-0.25, -0.2) is 0 Å². The molecule has 0 radical (unpaired) electrons. The minimum absolute atomic E-state index is 0.171. The van der Waals surface area contributed by atoms with Crippen LogP contribution in [0.15, 0.2) is 54.6 Å². The maximum Gasteiger partial charge on any atom is 0.270 e. The second kappa shape index (κ2) is 4.73. The van der Waals surface area contributed by atoms with Gasteiger partial charge >= 0.3 is 0 Å². The minimum atomic E-state index is -0.316. The van der Waals surface area contributed by atoms with Crippen molar-refractivity contribution in [2.24, 2.45) is 0 Å². The van der Waals surface area contributed by atoms with E-state index in [-0.39, 0.29) is 17.7 Å². The van der Waals surface area contributed by atoms with Crippen LogP contribution in [-0.4, -0.2) is 21.2 Å². The molecule has 1 amide bonds. The summed E-state index contributed by atoms with van der Waals surface area (Å²) in [5.74, 6) is -0.0111. The quantitative estimate of drug-likeness (QED) is 0.679. The number of fused-ring (bicyclic) bond motifs is 1. The Labute approximate surface area is 126 Å². The first-order valence-electron chi connectivity index (χ1n) is 6.97. The highest BCUT2D eigenvalue weighted by molar-refractivity contribution is 6.00. The lowest BCUT2D eigenvalue weighted by Crippen LogP contribution is -2.21. The number of rotatable bonds is 2. The van der Waals surface area contributed by atoms with E-state index in [0.29, 0.717) is 5.69 Å². The van der Waals surface area contributed by atoms with Gasteiger partial charge < -0.3 is 10.4 Å². The van der Waals surface area contributed by atoms with Crippen molar-refractivity contribution in [1.82, 2.24) is 15.5 Å². The fourth-order valence-corrected chi connectivity index (χ4v) is 2.85. The van der Waals surface area contributed by atoms with E-state index in [1.165, 1.54) is 0 Å². The summed E-state index contributed by atoms with van der Waals surface area (Å²) in [5.41, 5.74) is 3.82. The van der Waals surface area contributed by atoms with Gasteiger partial charge in [0.05, 0.1) is 11.7 Å². The zero-order valence-corrected chi connectivity index (χ0v) is 11.6. The molecule has 0 spiro atoms. The predicted octanol–water partition coefficient (Wildman–Crippen LogP) is 2.62. The molecule has 0 aliphatic carbocycles. The molecule has 1 aliphatic rings. The van der Waals surface area contributed by atoms with Crippen molar-refractivity contribution in [2.45, 2.75) is 6.04 Å². The van der Waals surface area contributed by atoms with Crippen LogP contribution in [0.3, 0.4) is 0 Å². The molecule has 3 N–H and O–H groups in total. The summed E-state index contributed by atoms with van der Waals surface area (Å²) in [7, 11) is 0. The monoisotopic (exact) mass is 291 g/mol. The average Bonchev–Trinajstić information content (AvgIpc) is 3.10. The Kier molecular flexibility index (Phi) is 2.72. The first-order chi connectivity index (χ1) is 10.7. The number of phenolic OH excluding ortho intramolecular Hbond substituents is 1. The number of nitrogens with one attached hydrogen (secondary N) is 2. The highest BCUT2D eigenvalue weighted by Gasteiger charge is 2.35. The highest BCUT2D eigenvalue weighted by Crippen LogP contribution is 2.37. The molecule has 3 aromatic rings. The molecule has 0 bridgehead atoms. The minimum Gasteiger partial charge on any atom is -0.508 e. The molecular formula is C17H13N3O2. The number of hydrogen-bond acceptors (Lipinski definition) is 3. The van der Waals surface area contributed by atoms with Gasteiger partial charge in [0.1, 0.15) is 11.4 Å². The van der Waals surface area contributed by atoms with Crippen LogP contribution in [-0.2, 0) is 0 Å². The summed E-state index contributed by atoms with van der Waals surface area (Å²) in [5, 5.41) is 19.8. The van der Waals surface area contributed by atoms with Crippen molar-refractivity contribution in [2.75, 3.05) is 0 Å². The van der Waals surface area contributed by atoms with E-state index >= 15 is 0 Å². The number of phenols is 1. The summed E-state index contributed by atoms with van der Waals surface area (Å²) in [4.78, 5) is 12.1. The van der Waals surface area contributed by atoms with Crippen molar-refractivity contribution >= 4 is 5.91 Å². The Hall–Kier alpha value is -3.08. The SMILES string of the molecule is O=C1N[C@@H](c2cccc(O)c2)c2c(-c3ccccc3)n[nH]c21. The Balaban J connectivity index is 1.88. The molecule has 5 heteroatoms. The van der Waals surface area contributed by atoms with Gasteiger partial charge in [0.25, 0.3) is 5.91 Å². The topological polar surface area (TPSA) is 78.0 Å². The second-order valence-corrected chi connectivity index (χ2v) is 5.23. The van der Waals surface area contributed by atoms with Crippen LogP contribution in [0.4, 0.5) is 0 Å². The normalized spacial score (nSPS) is 16.4. The van der Waals surface area contributed by atoms with Crippen LogP contribution in [0.5, 0.6) is 5.75 Å². The van der Waals surface area contributed by atoms with E-state index < -0.39 is 0 Å². The van der Waals surface area contributed by atoms with Crippen LogP contribution >= 0.6 is 0 Å². The summed E-state index contributed by atoms with van der Waals surface area (Å²) in [6.07, 6.45) is 0. The molecule has 0 unspecified atom stereocenters. The van der Waals surface area contributed by atoms with Crippen molar-refractivity contribution < 1.29 is 9.90 Å². The molecule has 1 aliphatic heterocycles. The number of aromatic hydroxyl groups is 1. The van der Waals surface area contributed by atoms with E-state index in [0.717, 1.165) is 22.4 Å². The van der Waals surface area contributed by atoms with Gasteiger partial charge in [-0.1, -0.05) is 42.5 Å². The number of carbonyl (C=O) groups is 1. The third kappa shape index (κ3) is 1.87. The molecule has 2 aromatic carbocycles. The maximum absolute atomic E-state index is 12.1. The van der Waals surface area contributed by atoms with Gasteiger partial charge in [-0.15, -0.1) is 0 Å². The van der Waals surface area contributed by atoms with Gasteiger partial charge in [0.2, 0.25) is 0 Å². The van der Waals surface area contributed by atoms with Crippen molar-refractivity contribution in [3.63, 3.8) is 0 Å². The lowest BCUT2D eigenvalue weighted by atomic mass is 9.97. The first-order valence-corrected chi connectivity index (χ1v) is 6.97. The van der Waals surface area contributed by atoms with Gasteiger partial charge in [-0.3, -0.25) is 9.89 Å². The summed E-state index contributed by atoms with van der Waals surface area (Å²) >= 11 is 0. The first kappa shape index (κ1) is 12.6. The van der Waals surface area contributed by atoms with Crippen LogP contribution in [0.1, 0.15) is 27.7 Å². The molecule has 4 rings (SSSR count). The fraction of sp³-hybridized carbons (Fsp3) is 0.0588. The molecule has 0 fully saturated rings. The largest absolute Gasteiger partial charge is 0.508 e. The van der Waals surface area contributed by atoms with E-state index in [4.69, 9.17) is 0 Å². The van der Waals surface area contributed by atoms with Crippen molar-refractivity contribution in [1.29, 1.82) is 0 Å². The van der Waals surface area contributed by atoms with E-state index in [1.807, 2.05) is 36.4 Å². The lowest BCUT2D eigenvalue weighted by molar-refractivity contribution is 0.0955. The van der Waals surface area contributed by atoms with E-state index in [2.05, 4.69) is 15.5 Å². The van der Waals surface area contributed by atoms with Gasteiger partial charge in [-0.05, 0) is 17.7 Å². The number of nitrogens with zero attached hydrogens (tertiary/aromatic N) is 1. The van der Waals surface area contributed by atoms with Crippen LogP contribution < -0.4 is 5.32 Å². The lowest BCUT2D eigenvalue weighted by Gasteiger charge is -2.13. The van der Waals surface area contributed by atoms with E-state index in [1.54, 1.807) is 18.2 Å². The van der Waals surface area contributed by atoms with E-state index in [9.17, 15) is 9.90 Å². The Bertz CT molecular complexity index is 855. The number of amides is 1. The summed E-state index contributed by atoms with van der Waals surface area (Å²) in [6, 6.07) is 16.3. The third-order valence-corrected chi connectivity index (χ3v) is 3.85. The fourth-order valence-electron chi connectivity index (χ4n) is 2.85. The molecule has 108 valence electrons. The number of carbonyl (C=O) groups excluding carboxylic acids is 1. The number of benzene rings is 2. The molecule has 22 heavy (non-hydrogen) atoms. The second-order valence-electron chi connectivity index (χ2n) is 5.23. The maximum atomic E-state index is 12.1. The third-order valence-electron chi connectivity index (χ3n) is 3.85. The molecule has 0 saturated carbocycles. The number of hydrogen-bond donors (Lipinski definition) is 3. The van der Waals surface area contributed by atoms with Gasteiger partial charge in [0, 0.05) is 11.1 Å². The van der Waals surface area contributed by atoms with Gasteiger partial charge in [0.15, 0.2) is 0 Å². The standard InChI is InChI=1S/C17H13N3O2/c21-12-8-4-7-11(9-12)14-13-15(10-5-2-1-3-6-10)19-20-16(13)17(22)18-14/h1-9,14,21H,(H,18,22)(H,19,20)/t14-/m0/s1. The Morgan fingerprint density at radius 3 is 2.64 bits per heavy atom. The van der Waals surface area contributed by atoms with Crippen LogP contribution in [0, 0.1) is 0 Å². The van der Waals surface area contributed by atoms with Gasteiger partial charge in [-0.2, -0.15) is 5.10 Å². The summed E-state index contributed by atoms with van der Waals surface area (Å²) < 4.78 is 0. The predicted molar refractivity (Wildman–Crippen MR) is 81.4 cm³/mol. The van der Waals surface area contributed by atoms with Crippen molar-refractivity contribution in [3.8, 4) is 17.0 Å². The van der Waals surface area contributed by atoms with Crippen molar-refractivity contribution in [3.05, 3.63) is 71.4 Å². The number of aromatic amines is 1. The Morgan fingerprint density at radius 1 is 1.05 bits per heavy atom. The molecule has 2 heterocycles. The molecule has 5 nitrogen and oxygen atoms in total. The van der Waals surface area contributed by atoms with Crippen LogP contribution in [0.2, 0.25) is 0 Å². The number of H-pyrrole nitrogens is 1. The summed E-state index contributed by atoms with van der Waals surface area (Å²) in [6.45, 7) is 0. The average molecular weight is 291 g/mol. The zero-order valence-electron chi connectivity index (χ0n) is 11.6. The zero-order chi connectivity index (χ0) is 15.1. The smallest absolute Gasteiger partial charge is 0.270 e. The molecular weight excluding hydrogens is 278 g/mol. The number of aromatic nitrogens is 2. The molecule has 1 atom stereocenters. The van der Waals surface area contributed by atoms with Crippen LogP contribution in [0.25, 0.3) is 11.3 Å². The Morgan fingerprint density at radius 2 is 1.86 bits per heavy atom.